The summed E-state index contributed by atoms with van der Waals surface area (Å²) in [6, 6.07) is 12.8. The van der Waals surface area contributed by atoms with Gasteiger partial charge in [-0.25, -0.2) is 4.98 Å². The van der Waals surface area contributed by atoms with Gasteiger partial charge in [-0.1, -0.05) is 12.1 Å². The molecule has 3 rings (SSSR count). The first-order valence-corrected chi connectivity index (χ1v) is 6.94. The highest BCUT2D eigenvalue weighted by Gasteiger charge is 2.08. The minimum Gasteiger partial charge on any atom is -0.497 e. The standard InChI is InChI=1S/C17H16N2O3/c1-11-19-15-7-6-12(8-16(15)22-11)10-18-17(20)13-4-3-5-14(9-13)21-2/h3-9H,10H2,1-2H3,(H,18,20). The maximum atomic E-state index is 12.2. The fourth-order valence-corrected chi connectivity index (χ4v) is 2.24. The number of oxazole rings is 1. The molecule has 0 aliphatic heterocycles. The molecule has 0 bridgehead atoms. The van der Waals surface area contributed by atoms with Gasteiger partial charge < -0.3 is 14.5 Å². The quantitative estimate of drug-likeness (QED) is 0.803. The summed E-state index contributed by atoms with van der Waals surface area (Å²) < 4.78 is 10.6. The summed E-state index contributed by atoms with van der Waals surface area (Å²) in [4.78, 5) is 16.4. The van der Waals surface area contributed by atoms with Crippen molar-refractivity contribution in [2.24, 2.45) is 0 Å². The van der Waals surface area contributed by atoms with E-state index in [2.05, 4.69) is 10.3 Å². The number of nitrogens with one attached hydrogen (secondary N) is 1. The van der Waals surface area contributed by atoms with Crippen LogP contribution in [0.5, 0.6) is 5.75 Å². The van der Waals surface area contributed by atoms with E-state index < -0.39 is 0 Å². The number of fused-ring (bicyclic) bond motifs is 1. The summed E-state index contributed by atoms with van der Waals surface area (Å²) in [5, 5.41) is 2.88. The van der Waals surface area contributed by atoms with Gasteiger partial charge in [0.1, 0.15) is 11.3 Å². The molecule has 0 saturated carbocycles. The second kappa shape index (κ2) is 5.89. The lowest BCUT2D eigenvalue weighted by molar-refractivity contribution is 0.0950. The van der Waals surface area contributed by atoms with E-state index in [-0.39, 0.29) is 5.91 Å². The Morgan fingerprint density at radius 1 is 1.27 bits per heavy atom. The molecule has 3 aromatic rings. The molecule has 0 fully saturated rings. The minimum absolute atomic E-state index is 0.146. The van der Waals surface area contributed by atoms with Gasteiger partial charge in [-0.3, -0.25) is 4.79 Å². The van der Waals surface area contributed by atoms with Crippen LogP contribution in [0, 0.1) is 6.92 Å². The molecule has 0 aliphatic carbocycles. The van der Waals surface area contributed by atoms with Crippen molar-refractivity contribution in [1.29, 1.82) is 0 Å². The Bertz CT molecular complexity index is 824. The largest absolute Gasteiger partial charge is 0.497 e. The monoisotopic (exact) mass is 296 g/mol. The maximum absolute atomic E-state index is 12.2. The third-order valence-electron chi connectivity index (χ3n) is 3.34. The third-order valence-corrected chi connectivity index (χ3v) is 3.34. The molecule has 0 radical (unpaired) electrons. The fourth-order valence-electron chi connectivity index (χ4n) is 2.24. The Labute approximate surface area is 127 Å². The van der Waals surface area contributed by atoms with Gasteiger partial charge in [-0.15, -0.1) is 0 Å². The highest BCUT2D eigenvalue weighted by molar-refractivity contribution is 5.94. The molecule has 0 aliphatic rings. The molecular weight excluding hydrogens is 280 g/mol. The van der Waals surface area contributed by atoms with Crippen LogP contribution in [0.4, 0.5) is 0 Å². The van der Waals surface area contributed by atoms with Crippen molar-refractivity contribution in [2.75, 3.05) is 7.11 Å². The van der Waals surface area contributed by atoms with Gasteiger partial charge in [-0.2, -0.15) is 0 Å². The maximum Gasteiger partial charge on any atom is 0.251 e. The summed E-state index contributed by atoms with van der Waals surface area (Å²) >= 11 is 0. The summed E-state index contributed by atoms with van der Waals surface area (Å²) in [6.07, 6.45) is 0. The van der Waals surface area contributed by atoms with Crippen LogP contribution in [-0.2, 0) is 6.54 Å². The molecule has 0 saturated heterocycles. The number of hydrogen-bond acceptors (Lipinski definition) is 4. The molecule has 22 heavy (non-hydrogen) atoms. The minimum atomic E-state index is -0.146. The zero-order chi connectivity index (χ0) is 15.5. The second-order valence-electron chi connectivity index (χ2n) is 4.95. The number of hydrogen-bond donors (Lipinski definition) is 1. The van der Waals surface area contributed by atoms with Crippen molar-refractivity contribution in [3.8, 4) is 5.75 Å². The number of nitrogens with zero attached hydrogens (tertiary/aromatic N) is 1. The van der Waals surface area contributed by atoms with E-state index in [0.717, 1.165) is 16.7 Å². The van der Waals surface area contributed by atoms with Gasteiger partial charge in [0, 0.05) is 19.0 Å². The summed E-state index contributed by atoms with van der Waals surface area (Å²) in [5.74, 6) is 1.14. The number of aromatic nitrogens is 1. The van der Waals surface area contributed by atoms with E-state index >= 15 is 0 Å². The molecule has 5 nitrogen and oxygen atoms in total. The Morgan fingerprint density at radius 3 is 2.95 bits per heavy atom. The van der Waals surface area contributed by atoms with E-state index in [1.54, 1.807) is 31.4 Å². The lowest BCUT2D eigenvalue weighted by atomic mass is 10.1. The molecule has 0 atom stereocenters. The van der Waals surface area contributed by atoms with Crippen LogP contribution < -0.4 is 10.1 Å². The zero-order valence-corrected chi connectivity index (χ0v) is 12.4. The van der Waals surface area contributed by atoms with Gasteiger partial charge >= 0.3 is 0 Å². The Kier molecular flexibility index (Phi) is 3.78. The first kappa shape index (κ1) is 14.1. The van der Waals surface area contributed by atoms with E-state index in [0.29, 0.717) is 23.7 Å². The van der Waals surface area contributed by atoms with Crippen molar-refractivity contribution in [3.05, 3.63) is 59.5 Å². The normalized spacial score (nSPS) is 10.6. The van der Waals surface area contributed by atoms with Gasteiger partial charge in [0.15, 0.2) is 11.5 Å². The zero-order valence-electron chi connectivity index (χ0n) is 12.4. The number of benzene rings is 2. The van der Waals surface area contributed by atoms with Crippen molar-refractivity contribution in [1.82, 2.24) is 10.3 Å². The lowest BCUT2D eigenvalue weighted by Gasteiger charge is -2.06. The van der Waals surface area contributed by atoms with Crippen molar-refractivity contribution in [3.63, 3.8) is 0 Å². The highest BCUT2D eigenvalue weighted by atomic mass is 16.5. The molecule has 0 spiro atoms. The molecule has 1 aromatic heterocycles. The SMILES string of the molecule is COc1cccc(C(=O)NCc2ccc3nc(C)oc3c2)c1. The van der Waals surface area contributed by atoms with Crippen LogP contribution in [0.1, 0.15) is 21.8 Å². The van der Waals surface area contributed by atoms with Crippen LogP contribution in [0.15, 0.2) is 46.9 Å². The predicted molar refractivity (Wildman–Crippen MR) is 82.9 cm³/mol. The molecule has 1 amide bonds. The van der Waals surface area contributed by atoms with Gasteiger partial charge in [0.2, 0.25) is 0 Å². The summed E-state index contributed by atoms with van der Waals surface area (Å²) in [7, 11) is 1.58. The highest BCUT2D eigenvalue weighted by Crippen LogP contribution is 2.17. The number of ether oxygens (including phenoxy) is 1. The molecule has 112 valence electrons. The number of carbonyl (C=O) groups excluding carboxylic acids is 1. The Hall–Kier alpha value is -2.82. The molecule has 0 unspecified atom stereocenters. The first-order chi connectivity index (χ1) is 10.7. The van der Waals surface area contributed by atoms with Gasteiger partial charge in [0.25, 0.3) is 5.91 Å². The first-order valence-electron chi connectivity index (χ1n) is 6.94. The van der Waals surface area contributed by atoms with Crippen LogP contribution in [0.25, 0.3) is 11.1 Å². The van der Waals surface area contributed by atoms with E-state index in [1.807, 2.05) is 25.1 Å². The lowest BCUT2D eigenvalue weighted by Crippen LogP contribution is -2.22. The third kappa shape index (κ3) is 2.93. The fraction of sp³-hybridized carbons (Fsp3) is 0.176. The number of rotatable bonds is 4. The average Bonchev–Trinajstić information content (AvgIpc) is 2.91. The van der Waals surface area contributed by atoms with Gasteiger partial charge in [-0.05, 0) is 35.9 Å². The second-order valence-corrected chi connectivity index (χ2v) is 4.95. The van der Waals surface area contributed by atoms with Crippen molar-refractivity contribution < 1.29 is 13.9 Å². The predicted octanol–water partition coefficient (Wildman–Crippen LogP) is 3.07. The van der Waals surface area contributed by atoms with E-state index in [9.17, 15) is 4.79 Å². The Morgan fingerprint density at radius 2 is 2.14 bits per heavy atom. The van der Waals surface area contributed by atoms with E-state index in [1.165, 1.54) is 0 Å². The van der Waals surface area contributed by atoms with Crippen molar-refractivity contribution in [2.45, 2.75) is 13.5 Å². The number of carbonyl (C=O) groups is 1. The number of methoxy groups -OCH3 is 1. The summed E-state index contributed by atoms with van der Waals surface area (Å²) in [6.45, 7) is 2.23. The van der Waals surface area contributed by atoms with Crippen LogP contribution >= 0.6 is 0 Å². The topological polar surface area (TPSA) is 64.4 Å². The summed E-state index contributed by atoms with van der Waals surface area (Å²) in [5.41, 5.74) is 3.07. The molecule has 5 heteroatoms. The van der Waals surface area contributed by atoms with Crippen LogP contribution in [0.2, 0.25) is 0 Å². The number of aryl methyl sites for hydroxylation is 1. The number of amides is 1. The van der Waals surface area contributed by atoms with Gasteiger partial charge in [0.05, 0.1) is 7.11 Å². The van der Waals surface area contributed by atoms with E-state index in [4.69, 9.17) is 9.15 Å². The molecule has 1 N–H and O–H groups in total. The molecular formula is C17H16N2O3. The van der Waals surface area contributed by atoms with Crippen LogP contribution in [-0.4, -0.2) is 18.0 Å². The smallest absolute Gasteiger partial charge is 0.251 e. The van der Waals surface area contributed by atoms with Crippen LogP contribution in [0.3, 0.4) is 0 Å². The molecule has 1 heterocycles. The van der Waals surface area contributed by atoms with Crippen molar-refractivity contribution >= 4 is 17.0 Å². The average molecular weight is 296 g/mol. The Balaban J connectivity index is 1.71. The molecule has 2 aromatic carbocycles.